The minimum Gasteiger partial charge on any atom is -0.310 e. The summed E-state index contributed by atoms with van der Waals surface area (Å²) in [4.78, 5) is 0. The fourth-order valence-corrected chi connectivity index (χ4v) is 4.24. The average molecular weight is 298 g/mol. The third-order valence-electron chi connectivity index (χ3n) is 4.27. The highest BCUT2D eigenvalue weighted by Gasteiger charge is 2.38. The molecular weight excluding hydrogens is 276 g/mol. The lowest BCUT2D eigenvalue weighted by Crippen LogP contribution is -2.51. The van der Waals surface area contributed by atoms with Gasteiger partial charge in [0.15, 0.2) is 5.03 Å². The van der Waals surface area contributed by atoms with Gasteiger partial charge in [-0.05, 0) is 46.0 Å². The number of aryl methyl sites for hydroxylation is 1. The summed E-state index contributed by atoms with van der Waals surface area (Å²) in [6.07, 6.45) is 5.22. The highest BCUT2D eigenvalue weighted by Crippen LogP contribution is 2.33. The Hall–Kier alpha value is -0.920. The molecule has 2 fully saturated rings. The van der Waals surface area contributed by atoms with E-state index in [4.69, 9.17) is 0 Å². The molecule has 2 saturated carbocycles. The molecule has 2 aliphatic carbocycles. The number of hydrogen-bond acceptors (Lipinski definition) is 4. The van der Waals surface area contributed by atoms with E-state index in [1.807, 2.05) is 13.8 Å². The molecule has 0 amide bonds. The standard InChI is InChI=1S/C13H22N4O2S/c1-9-11(8-14-10-4-5-10)12(16-15-9)20(18,19)17-13(2)6-3-7-13/h10,14,17H,3-8H2,1-2H3,(H,15,16). The third-order valence-corrected chi connectivity index (χ3v) is 5.88. The predicted octanol–water partition coefficient (Wildman–Crippen LogP) is 1.19. The Morgan fingerprint density at radius 3 is 2.65 bits per heavy atom. The zero-order valence-corrected chi connectivity index (χ0v) is 12.8. The van der Waals surface area contributed by atoms with Crippen molar-refractivity contribution in [2.45, 2.75) is 69.1 Å². The first-order valence-corrected chi connectivity index (χ1v) is 8.69. The average Bonchev–Trinajstić information content (AvgIpc) is 3.07. The number of sulfonamides is 1. The summed E-state index contributed by atoms with van der Waals surface area (Å²) >= 11 is 0. The van der Waals surface area contributed by atoms with E-state index >= 15 is 0 Å². The van der Waals surface area contributed by atoms with Gasteiger partial charge in [-0.2, -0.15) is 5.10 Å². The number of nitrogens with one attached hydrogen (secondary N) is 3. The van der Waals surface area contributed by atoms with Crippen LogP contribution in [0.2, 0.25) is 0 Å². The Bertz CT molecular complexity index is 600. The molecule has 1 heterocycles. The van der Waals surface area contributed by atoms with Crippen LogP contribution in [0.4, 0.5) is 0 Å². The first-order valence-electron chi connectivity index (χ1n) is 7.21. The summed E-state index contributed by atoms with van der Waals surface area (Å²) in [5.74, 6) is 0. The summed E-state index contributed by atoms with van der Waals surface area (Å²) in [6.45, 7) is 4.37. The molecule has 112 valence electrons. The first kappa shape index (κ1) is 14.0. The maximum absolute atomic E-state index is 12.5. The zero-order chi connectivity index (χ0) is 14.4. The predicted molar refractivity (Wildman–Crippen MR) is 75.8 cm³/mol. The van der Waals surface area contributed by atoms with E-state index in [1.54, 1.807) is 0 Å². The van der Waals surface area contributed by atoms with Crippen molar-refractivity contribution in [3.05, 3.63) is 11.3 Å². The Morgan fingerprint density at radius 1 is 1.40 bits per heavy atom. The van der Waals surface area contributed by atoms with E-state index in [9.17, 15) is 8.42 Å². The summed E-state index contributed by atoms with van der Waals surface area (Å²) < 4.78 is 27.8. The largest absolute Gasteiger partial charge is 0.310 e. The van der Waals surface area contributed by atoms with Crippen LogP contribution < -0.4 is 10.0 Å². The van der Waals surface area contributed by atoms with Crippen LogP contribution in [0.5, 0.6) is 0 Å². The topological polar surface area (TPSA) is 86.9 Å². The van der Waals surface area contributed by atoms with E-state index in [-0.39, 0.29) is 10.6 Å². The molecule has 3 rings (SSSR count). The van der Waals surface area contributed by atoms with Gasteiger partial charge >= 0.3 is 0 Å². The number of rotatable bonds is 6. The minimum atomic E-state index is -3.55. The van der Waals surface area contributed by atoms with Crippen molar-refractivity contribution in [1.29, 1.82) is 0 Å². The molecule has 3 N–H and O–H groups in total. The monoisotopic (exact) mass is 298 g/mol. The Balaban J connectivity index is 1.80. The molecule has 0 saturated heterocycles. The maximum atomic E-state index is 12.5. The van der Waals surface area contributed by atoms with E-state index in [2.05, 4.69) is 20.2 Å². The van der Waals surface area contributed by atoms with Gasteiger partial charge in [0.25, 0.3) is 10.0 Å². The molecule has 1 aromatic rings. The van der Waals surface area contributed by atoms with Gasteiger partial charge in [0.05, 0.1) is 0 Å². The molecule has 6 nitrogen and oxygen atoms in total. The second-order valence-electron chi connectivity index (χ2n) is 6.31. The van der Waals surface area contributed by atoms with E-state index in [0.29, 0.717) is 12.6 Å². The summed E-state index contributed by atoms with van der Waals surface area (Å²) in [5, 5.41) is 10.3. The summed E-state index contributed by atoms with van der Waals surface area (Å²) in [5.41, 5.74) is 1.27. The fourth-order valence-electron chi connectivity index (χ4n) is 2.58. The van der Waals surface area contributed by atoms with Crippen LogP contribution in [0, 0.1) is 6.92 Å². The number of aromatic amines is 1. The normalized spacial score (nSPS) is 21.7. The molecule has 0 unspecified atom stereocenters. The summed E-state index contributed by atoms with van der Waals surface area (Å²) in [7, 11) is -3.55. The van der Waals surface area contributed by atoms with Crippen LogP contribution in [-0.2, 0) is 16.6 Å². The smallest absolute Gasteiger partial charge is 0.260 e. The molecule has 0 aliphatic heterocycles. The number of hydrogen-bond donors (Lipinski definition) is 3. The van der Waals surface area contributed by atoms with E-state index in [1.165, 1.54) is 12.8 Å². The second kappa shape index (κ2) is 4.82. The van der Waals surface area contributed by atoms with Crippen LogP contribution >= 0.6 is 0 Å². The molecule has 20 heavy (non-hydrogen) atoms. The number of H-pyrrole nitrogens is 1. The van der Waals surface area contributed by atoms with Crippen LogP contribution in [0.3, 0.4) is 0 Å². The Kier molecular flexibility index (Phi) is 3.38. The molecule has 7 heteroatoms. The highest BCUT2D eigenvalue weighted by atomic mass is 32.2. The van der Waals surface area contributed by atoms with Gasteiger partial charge in [0, 0.05) is 29.4 Å². The molecular formula is C13H22N4O2S. The summed E-state index contributed by atoms with van der Waals surface area (Å²) in [6, 6.07) is 0.539. The number of nitrogens with zero attached hydrogens (tertiary/aromatic N) is 1. The van der Waals surface area contributed by atoms with Crippen LogP contribution in [0.1, 0.15) is 50.3 Å². The van der Waals surface area contributed by atoms with Gasteiger partial charge in [-0.15, -0.1) is 0 Å². The minimum absolute atomic E-state index is 0.149. The van der Waals surface area contributed by atoms with E-state index < -0.39 is 10.0 Å². The molecule has 0 radical (unpaired) electrons. The van der Waals surface area contributed by atoms with Crippen LogP contribution in [0.25, 0.3) is 0 Å². The highest BCUT2D eigenvalue weighted by molar-refractivity contribution is 7.89. The van der Waals surface area contributed by atoms with Crippen molar-refractivity contribution < 1.29 is 8.42 Å². The van der Waals surface area contributed by atoms with Gasteiger partial charge in [-0.1, -0.05) is 0 Å². The van der Waals surface area contributed by atoms with Crippen molar-refractivity contribution in [2.24, 2.45) is 0 Å². The SMILES string of the molecule is Cc1[nH]nc(S(=O)(=O)NC2(C)CCC2)c1CNC1CC1. The lowest BCUT2D eigenvalue weighted by atomic mass is 9.80. The maximum Gasteiger partial charge on any atom is 0.260 e. The second-order valence-corrected chi connectivity index (χ2v) is 7.90. The first-order chi connectivity index (χ1) is 9.40. The lowest BCUT2D eigenvalue weighted by molar-refractivity contribution is 0.247. The van der Waals surface area contributed by atoms with Crippen molar-refractivity contribution in [3.63, 3.8) is 0 Å². The van der Waals surface area contributed by atoms with Crippen LogP contribution in [0.15, 0.2) is 5.03 Å². The fraction of sp³-hybridized carbons (Fsp3) is 0.769. The van der Waals surface area contributed by atoms with E-state index in [0.717, 1.165) is 30.5 Å². The van der Waals surface area contributed by atoms with Gasteiger partial charge in [-0.3, -0.25) is 5.10 Å². The Morgan fingerprint density at radius 2 is 2.10 bits per heavy atom. The quantitative estimate of drug-likeness (QED) is 0.736. The number of aromatic nitrogens is 2. The molecule has 0 spiro atoms. The molecule has 1 aromatic heterocycles. The molecule has 0 atom stereocenters. The van der Waals surface area contributed by atoms with Crippen molar-refractivity contribution in [1.82, 2.24) is 20.2 Å². The molecule has 2 aliphatic rings. The van der Waals surface area contributed by atoms with Gasteiger partial charge in [0.1, 0.15) is 0 Å². The van der Waals surface area contributed by atoms with Crippen molar-refractivity contribution in [3.8, 4) is 0 Å². The molecule has 0 bridgehead atoms. The van der Waals surface area contributed by atoms with Gasteiger partial charge in [0.2, 0.25) is 0 Å². The third kappa shape index (κ3) is 2.75. The van der Waals surface area contributed by atoms with Gasteiger partial charge in [-0.25, -0.2) is 13.1 Å². The van der Waals surface area contributed by atoms with Crippen molar-refractivity contribution in [2.75, 3.05) is 0 Å². The molecule has 0 aromatic carbocycles. The van der Waals surface area contributed by atoms with Crippen LogP contribution in [-0.4, -0.2) is 30.2 Å². The van der Waals surface area contributed by atoms with Crippen molar-refractivity contribution >= 4 is 10.0 Å². The van der Waals surface area contributed by atoms with Gasteiger partial charge < -0.3 is 5.32 Å². The Labute approximate surface area is 119 Å². The zero-order valence-electron chi connectivity index (χ0n) is 12.0. The lowest BCUT2D eigenvalue weighted by Gasteiger charge is -2.38.